The van der Waals surface area contributed by atoms with Gasteiger partial charge in [-0.25, -0.2) is 14.4 Å². The normalized spacial score (nSPS) is 15.4. The van der Waals surface area contributed by atoms with Crippen LogP contribution in [-0.2, 0) is 10.4 Å². The first-order valence-electron chi connectivity index (χ1n) is 10.5. The summed E-state index contributed by atoms with van der Waals surface area (Å²) in [6.07, 6.45) is 0.961. The maximum absolute atomic E-state index is 14.6. The first-order valence-corrected chi connectivity index (χ1v) is 10.5. The summed E-state index contributed by atoms with van der Waals surface area (Å²) in [7, 11) is 3.20. The zero-order chi connectivity index (χ0) is 22.9. The van der Waals surface area contributed by atoms with Crippen LogP contribution in [0.2, 0.25) is 0 Å². The molecule has 2 aromatic heterocycles. The lowest BCUT2D eigenvalue weighted by molar-refractivity contribution is 0.144. The lowest BCUT2D eigenvalue weighted by Crippen LogP contribution is -2.14. The Kier molecular flexibility index (Phi) is 6.01. The van der Waals surface area contributed by atoms with E-state index in [-0.39, 0.29) is 6.04 Å². The third-order valence-electron chi connectivity index (χ3n) is 5.45. The van der Waals surface area contributed by atoms with Gasteiger partial charge in [-0.3, -0.25) is 4.98 Å². The molecule has 1 aromatic carbocycles. The van der Waals surface area contributed by atoms with Gasteiger partial charge in [-0.15, -0.1) is 0 Å². The largest absolute Gasteiger partial charge is 0.493 e. The first-order chi connectivity index (χ1) is 15.3. The summed E-state index contributed by atoms with van der Waals surface area (Å²) >= 11 is 0. The second-order valence-electron chi connectivity index (χ2n) is 8.02. The number of fused-ring (bicyclic) bond motifs is 1. The number of hydrogen-bond acceptors (Lipinski definition) is 8. The molecular formula is C23H28FN5O3. The van der Waals surface area contributed by atoms with E-state index in [2.05, 4.69) is 20.3 Å². The van der Waals surface area contributed by atoms with Crippen LogP contribution in [0.15, 0.2) is 24.3 Å². The second-order valence-corrected chi connectivity index (χ2v) is 8.02. The molecule has 32 heavy (non-hydrogen) atoms. The van der Waals surface area contributed by atoms with Crippen molar-refractivity contribution in [1.29, 1.82) is 0 Å². The van der Waals surface area contributed by atoms with Crippen molar-refractivity contribution in [3.63, 3.8) is 0 Å². The number of benzene rings is 1. The van der Waals surface area contributed by atoms with Crippen molar-refractivity contribution in [2.75, 3.05) is 38.5 Å². The molecule has 0 spiro atoms. The van der Waals surface area contributed by atoms with Gasteiger partial charge < -0.3 is 25.3 Å². The number of pyridine rings is 1. The molecule has 0 amide bonds. The molecule has 3 N–H and O–H groups in total. The summed E-state index contributed by atoms with van der Waals surface area (Å²) in [5, 5.41) is 4.16. The molecule has 170 valence electrons. The van der Waals surface area contributed by atoms with E-state index in [1.165, 1.54) is 0 Å². The SMILES string of the molecule is COCCOc1cc2c(NC(C)c3cc(N)cc(C4(F)CC4)n3)nc(C)nc2cc1OC. The fraction of sp³-hybridized carbons (Fsp3) is 0.435. The number of aromatic nitrogens is 3. The highest BCUT2D eigenvalue weighted by atomic mass is 19.1. The maximum Gasteiger partial charge on any atom is 0.162 e. The summed E-state index contributed by atoms with van der Waals surface area (Å²) in [5.74, 6) is 2.36. The van der Waals surface area contributed by atoms with Crippen LogP contribution in [0.4, 0.5) is 15.9 Å². The average Bonchev–Trinajstić information content (AvgIpc) is 3.52. The number of nitrogen functional groups attached to an aromatic ring is 1. The zero-order valence-electron chi connectivity index (χ0n) is 18.7. The molecule has 1 fully saturated rings. The molecule has 9 heteroatoms. The molecule has 1 unspecified atom stereocenters. The molecule has 0 radical (unpaired) electrons. The lowest BCUT2D eigenvalue weighted by Gasteiger charge is -2.19. The Labute approximate surface area is 186 Å². The topological polar surface area (TPSA) is 104 Å². The summed E-state index contributed by atoms with van der Waals surface area (Å²) in [4.78, 5) is 13.7. The Morgan fingerprint density at radius 1 is 1.09 bits per heavy atom. The van der Waals surface area contributed by atoms with Crippen molar-refractivity contribution in [1.82, 2.24) is 15.0 Å². The van der Waals surface area contributed by atoms with Crippen LogP contribution in [0.1, 0.15) is 43.0 Å². The van der Waals surface area contributed by atoms with Crippen molar-refractivity contribution in [3.05, 3.63) is 41.5 Å². The fourth-order valence-electron chi connectivity index (χ4n) is 3.54. The Balaban J connectivity index is 1.69. The van der Waals surface area contributed by atoms with Crippen LogP contribution in [0.3, 0.4) is 0 Å². The molecule has 1 saturated carbocycles. The second kappa shape index (κ2) is 8.74. The van der Waals surface area contributed by atoms with E-state index in [1.807, 2.05) is 26.0 Å². The van der Waals surface area contributed by atoms with E-state index in [4.69, 9.17) is 19.9 Å². The molecule has 3 aromatic rings. The molecule has 2 heterocycles. The molecular weight excluding hydrogens is 413 g/mol. The van der Waals surface area contributed by atoms with E-state index in [0.717, 1.165) is 5.39 Å². The van der Waals surface area contributed by atoms with Crippen LogP contribution in [-0.4, -0.2) is 42.4 Å². The molecule has 1 aliphatic carbocycles. The number of nitrogens with one attached hydrogen (secondary N) is 1. The van der Waals surface area contributed by atoms with Gasteiger partial charge in [0, 0.05) is 24.2 Å². The molecule has 1 atom stereocenters. The van der Waals surface area contributed by atoms with Gasteiger partial charge in [0.15, 0.2) is 17.2 Å². The van der Waals surface area contributed by atoms with E-state index in [1.54, 1.807) is 26.4 Å². The minimum Gasteiger partial charge on any atom is -0.493 e. The lowest BCUT2D eigenvalue weighted by atomic mass is 10.1. The zero-order valence-corrected chi connectivity index (χ0v) is 18.7. The van der Waals surface area contributed by atoms with E-state index >= 15 is 0 Å². The number of rotatable bonds is 9. The molecule has 0 bridgehead atoms. The number of ether oxygens (including phenoxy) is 3. The van der Waals surface area contributed by atoms with Crippen LogP contribution in [0.5, 0.6) is 11.5 Å². The van der Waals surface area contributed by atoms with Gasteiger partial charge in [0.2, 0.25) is 0 Å². The van der Waals surface area contributed by atoms with Crippen LogP contribution in [0, 0.1) is 6.92 Å². The number of anilines is 2. The molecule has 4 rings (SSSR count). The summed E-state index contributed by atoms with van der Waals surface area (Å²) in [6.45, 7) is 4.59. The molecule has 0 saturated heterocycles. The number of methoxy groups -OCH3 is 2. The highest BCUT2D eigenvalue weighted by Crippen LogP contribution is 2.49. The summed E-state index contributed by atoms with van der Waals surface area (Å²) < 4.78 is 31.0. The summed E-state index contributed by atoms with van der Waals surface area (Å²) in [6, 6.07) is 6.77. The average molecular weight is 442 g/mol. The Morgan fingerprint density at radius 2 is 1.88 bits per heavy atom. The Morgan fingerprint density at radius 3 is 2.56 bits per heavy atom. The van der Waals surface area contributed by atoms with Crippen molar-refractivity contribution >= 4 is 22.4 Å². The van der Waals surface area contributed by atoms with Crippen molar-refractivity contribution in [2.24, 2.45) is 0 Å². The minimum absolute atomic E-state index is 0.267. The van der Waals surface area contributed by atoms with Gasteiger partial charge in [0.05, 0.1) is 36.7 Å². The predicted molar refractivity (Wildman–Crippen MR) is 121 cm³/mol. The highest BCUT2D eigenvalue weighted by Gasteiger charge is 2.46. The number of halogens is 1. The molecule has 8 nitrogen and oxygen atoms in total. The first kappa shape index (κ1) is 22.0. The van der Waals surface area contributed by atoms with E-state index in [0.29, 0.717) is 71.8 Å². The van der Waals surface area contributed by atoms with Crippen molar-refractivity contribution in [2.45, 2.75) is 38.4 Å². The van der Waals surface area contributed by atoms with Gasteiger partial charge in [0.1, 0.15) is 18.2 Å². The van der Waals surface area contributed by atoms with Gasteiger partial charge in [-0.2, -0.15) is 0 Å². The van der Waals surface area contributed by atoms with Gasteiger partial charge in [-0.05, 0) is 44.9 Å². The van der Waals surface area contributed by atoms with Gasteiger partial charge in [-0.1, -0.05) is 0 Å². The Bertz CT molecular complexity index is 1140. The van der Waals surface area contributed by atoms with E-state index < -0.39 is 5.67 Å². The van der Waals surface area contributed by atoms with Crippen LogP contribution in [0.25, 0.3) is 10.9 Å². The highest BCUT2D eigenvalue weighted by molar-refractivity contribution is 5.92. The fourth-order valence-corrected chi connectivity index (χ4v) is 3.54. The number of nitrogens with zero attached hydrogens (tertiary/aromatic N) is 3. The van der Waals surface area contributed by atoms with Crippen LogP contribution >= 0.6 is 0 Å². The standard InChI is InChI=1S/C23H28FN5O3/c1-13(17-9-15(25)10-21(29-17)23(24)5-6-23)26-22-16-11-20(32-8-7-30-3)19(31-4)12-18(16)27-14(2)28-22/h9-13H,5-8H2,1-4H3,(H2,25,29)(H,26,27,28). The molecule has 0 aliphatic heterocycles. The van der Waals surface area contributed by atoms with Gasteiger partial charge >= 0.3 is 0 Å². The number of nitrogens with two attached hydrogens (primary N) is 1. The summed E-state index contributed by atoms with van der Waals surface area (Å²) in [5.41, 5.74) is 6.93. The maximum atomic E-state index is 14.6. The quantitative estimate of drug-likeness (QED) is 0.479. The minimum atomic E-state index is -1.35. The Hall–Kier alpha value is -3.20. The van der Waals surface area contributed by atoms with Crippen LogP contribution < -0.4 is 20.5 Å². The number of aryl methyl sites for hydroxylation is 1. The number of hydrogen-bond donors (Lipinski definition) is 2. The number of alkyl halides is 1. The van der Waals surface area contributed by atoms with Gasteiger partial charge in [0.25, 0.3) is 0 Å². The smallest absolute Gasteiger partial charge is 0.162 e. The van der Waals surface area contributed by atoms with E-state index in [9.17, 15) is 4.39 Å². The predicted octanol–water partition coefficient (Wildman–Crippen LogP) is 4.08. The molecule has 1 aliphatic rings. The third-order valence-corrected chi connectivity index (χ3v) is 5.45. The third kappa shape index (κ3) is 4.52. The van der Waals surface area contributed by atoms with Crippen molar-refractivity contribution in [3.8, 4) is 11.5 Å². The van der Waals surface area contributed by atoms with Crippen molar-refractivity contribution < 1.29 is 18.6 Å². The monoisotopic (exact) mass is 441 g/mol.